The summed E-state index contributed by atoms with van der Waals surface area (Å²) in [6.07, 6.45) is 0.887. The van der Waals surface area contributed by atoms with Crippen molar-refractivity contribution in [3.05, 3.63) is 21.9 Å². The quantitative estimate of drug-likeness (QED) is 0.671. The molecule has 0 saturated heterocycles. The van der Waals surface area contributed by atoms with E-state index < -0.39 is 0 Å². The third-order valence-electron chi connectivity index (χ3n) is 1.11. The van der Waals surface area contributed by atoms with E-state index in [-0.39, 0.29) is 5.91 Å². The highest BCUT2D eigenvalue weighted by Gasteiger charge is 2.02. The summed E-state index contributed by atoms with van der Waals surface area (Å²) in [7, 11) is 2.60. The molecule has 0 bridgehead atoms. The molecule has 0 radical (unpaired) electrons. The molecule has 0 aliphatic carbocycles. The van der Waals surface area contributed by atoms with Crippen LogP contribution in [0.2, 0.25) is 0 Å². The van der Waals surface area contributed by atoms with Gasteiger partial charge in [0.05, 0.1) is 4.88 Å². The minimum Gasteiger partial charge on any atom is -0.365 e. The Morgan fingerprint density at radius 2 is 2.40 bits per heavy atom. The number of primary amides is 1. The monoisotopic (exact) mass is 173 g/mol. The first-order valence-corrected chi connectivity index (χ1v) is 4.46. The van der Waals surface area contributed by atoms with E-state index in [0.717, 1.165) is 6.16 Å². The van der Waals surface area contributed by atoms with Gasteiger partial charge in [0.2, 0.25) is 0 Å². The number of carbonyl (C=O) groups is 1. The molecule has 2 nitrogen and oxygen atoms in total. The molecule has 4 heteroatoms. The summed E-state index contributed by atoms with van der Waals surface area (Å²) in [6, 6.07) is 3.67. The highest BCUT2D eigenvalue weighted by Crippen LogP contribution is 2.17. The van der Waals surface area contributed by atoms with E-state index >= 15 is 0 Å². The van der Waals surface area contributed by atoms with Crippen LogP contribution >= 0.6 is 20.6 Å². The van der Waals surface area contributed by atoms with Gasteiger partial charge in [0, 0.05) is 4.88 Å². The lowest BCUT2D eigenvalue weighted by molar-refractivity contribution is 0.100. The Bertz CT molecular complexity index is 246. The van der Waals surface area contributed by atoms with Crippen molar-refractivity contribution in [2.75, 3.05) is 0 Å². The Morgan fingerprint density at radius 1 is 1.70 bits per heavy atom. The van der Waals surface area contributed by atoms with Gasteiger partial charge < -0.3 is 5.73 Å². The summed E-state index contributed by atoms with van der Waals surface area (Å²) in [5, 5.41) is 0. The summed E-state index contributed by atoms with van der Waals surface area (Å²) < 4.78 is 0. The third kappa shape index (κ3) is 1.55. The van der Waals surface area contributed by atoms with Crippen molar-refractivity contribution in [3.63, 3.8) is 0 Å². The van der Waals surface area contributed by atoms with Crippen LogP contribution in [0.15, 0.2) is 12.1 Å². The molecule has 1 aromatic rings. The summed E-state index contributed by atoms with van der Waals surface area (Å²) in [4.78, 5) is 12.4. The van der Waals surface area contributed by atoms with Crippen LogP contribution in [-0.4, -0.2) is 5.91 Å². The number of hydrogen-bond donors (Lipinski definition) is 1. The Kier molecular flexibility index (Phi) is 2.41. The fourth-order valence-electron chi connectivity index (χ4n) is 0.620. The lowest BCUT2D eigenvalue weighted by atomic mass is 10.4. The van der Waals surface area contributed by atoms with Crippen LogP contribution in [0.3, 0.4) is 0 Å². The molecule has 0 aliphatic heterocycles. The molecule has 1 atom stereocenters. The minimum atomic E-state index is -0.338. The molecule has 54 valence electrons. The van der Waals surface area contributed by atoms with E-state index in [1.54, 1.807) is 6.07 Å². The van der Waals surface area contributed by atoms with Gasteiger partial charge in [-0.05, 0) is 18.3 Å². The maximum atomic E-state index is 10.6. The number of nitrogens with two attached hydrogens (primary N) is 1. The first-order valence-electron chi connectivity index (χ1n) is 2.82. The topological polar surface area (TPSA) is 43.1 Å². The smallest absolute Gasteiger partial charge is 0.258 e. The largest absolute Gasteiger partial charge is 0.365 e. The maximum absolute atomic E-state index is 10.6. The molecule has 0 aliphatic rings. The highest BCUT2D eigenvalue weighted by molar-refractivity contribution is 7.19. The van der Waals surface area contributed by atoms with E-state index in [4.69, 9.17) is 5.73 Å². The second-order valence-electron chi connectivity index (χ2n) is 1.83. The first kappa shape index (κ1) is 7.70. The van der Waals surface area contributed by atoms with Gasteiger partial charge in [-0.1, -0.05) is 0 Å². The van der Waals surface area contributed by atoms with Crippen LogP contribution in [-0.2, 0) is 6.16 Å². The molecule has 1 heterocycles. The molecule has 1 unspecified atom stereocenters. The number of hydrogen-bond acceptors (Lipinski definition) is 2. The van der Waals surface area contributed by atoms with Crippen LogP contribution in [0.4, 0.5) is 0 Å². The summed E-state index contributed by atoms with van der Waals surface area (Å²) in [5.74, 6) is -0.338. The van der Waals surface area contributed by atoms with Crippen LogP contribution in [0.5, 0.6) is 0 Å². The van der Waals surface area contributed by atoms with E-state index in [1.807, 2.05) is 6.07 Å². The van der Waals surface area contributed by atoms with Gasteiger partial charge in [-0.15, -0.1) is 20.6 Å². The standard InChI is InChI=1S/C6H8NOPS/c7-6(8)5-2-1-4(3-9)10-5/h1-2H,3,9H2,(H2,7,8). The molecule has 1 amide bonds. The van der Waals surface area contributed by atoms with Crippen LogP contribution < -0.4 is 5.73 Å². The number of amides is 1. The van der Waals surface area contributed by atoms with Crippen molar-refractivity contribution in [2.45, 2.75) is 6.16 Å². The maximum Gasteiger partial charge on any atom is 0.258 e. The predicted octanol–water partition coefficient (Wildman–Crippen LogP) is 1.22. The van der Waals surface area contributed by atoms with E-state index in [9.17, 15) is 4.79 Å². The van der Waals surface area contributed by atoms with Crippen molar-refractivity contribution in [2.24, 2.45) is 5.73 Å². The Balaban J connectivity index is 2.88. The highest BCUT2D eigenvalue weighted by atomic mass is 32.1. The van der Waals surface area contributed by atoms with Crippen molar-refractivity contribution in [1.29, 1.82) is 0 Å². The lowest BCUT2D eigenvalue weighted by Crippen LogP contribution is -2.07. The average molecular weight is 173 g/mol. The van der Waals surface area contributed by atoms with Gasteiger partial charge in [-0.2, -0.15) is 0 Å². The fraction of sp³-hybridized carbons (Fsp3) is 0.167. The number of rotatable bonds is 2. The Morgan fingerprint density at radius 3 is 2.70 bits per heavy atom. The first-order chi connectivity index (χ1) is 4.74. The second-order valence-corrected chi connectivity index (χ2v) is 3.41. The zero-order valence-corrected chi connectivity index (χ0v) is 7.30. The van der Waals surface area contributed by atoms with Gasteiger partial charge in [-0.3, -0.25) is 4.79 Å². The molecule has 0 spiro atoms. The third-order valence-corrected chi connectivity index (χ3v) is 2.96. The summed E-state index contributed by atoms with van der Waals surface area (Å²) >= 11 is 1.45. The Hall–Kier alpha value is -0.400. The van der Waals surface area contributed by atoms with E-state index in [2.05, 4.69) is 9.24 Å². The van der Waals surface area contributed by atoms with Crippen LogP contribution in [0, 0.1) is 0 Å². The minimum absolute atomic E-state index is 0.338. The number of thiophene rings is 1. The molecular weight excluding hydrogens is 165 g/mol. The average Bonchev–Trinajstić information content (AvgIpc) is 2.34. The Labute approximate surface area is 65.6 Å². The van der Waals surface area contributed by atoms with Gasteiger partial charge in [0.1, 0.15) is 0 Å². The molecule has 0 saturated carbocycles. The predicted molar refractivity (Wildman–Crippen MR) is 46.3 cm³/mol. The summed E-state index contributed by atoms with van der Waals surface area (Å²) in [5.41, 5.74) is 5.05. The van der Waals surface area contributed by atoms with Gasteiger partial charge in [-0.25, -0.2) is 0 Å². The van der Waals surface area contributed by atoms with Gasteiger partial charge in [0.25, 0.3) is 5.91 Å². The molecule has 1 rings (SSSR count). The van der Waals surface area contributed by atoms with Crippen molar-refractivity contribution in [1.82, 2.24) is 0 Å². The lowest BCUT2D eigenvalue weighted by Gasteiger charge is -1.84. The van der Waals surface area contributed by atoms with Gasteiger partial charge in [0.15, 0.2) is 0 Å². The summed E-state index contributed by atoms with van der Waals surface area (Å²) in [6.45, 7) is 0. The molecular formula is C6H8NOPS. The molecule has 10 heavy (non-hydrogen) atoms. The normalized spacial score (nSPS) is 9.70. The fourth-order valence-corrected chi connectivity index (χ4v) is 1.74. The van der Waals surface area contributed by atoms with Crippen molar-refractivity contribution < 1.29 is 4.79 Å². The SMILES string of the molecule is NC(=O)c1ccc(CP)s1. The molecule has 1 aromatic heterocycles. The molecule has 2 N–H and O–H groups in total. The molecule has 0 aromatic carbocycles. The van der Waals surface area contributed by atoms with E-state index in [1.165, 1.54) is 16.2 Å². The van der Waals surface area contributed by atoms with Crippen LogP contribution in [0.25, 0.3) is 0 Å². The van der Waals surface area contributed by atoms with Crippen molar-refractivity contribution >= 4 is 26.5 Å². The van der Waals surface area contributed by atoms with Crippen LogP contribution in [0.1, 0.15) is 14.5 Å². The zero-order chi connectivity index (χ0) is 7.56. The zero-order valence-electron chi connectivity index (χ0n) is 5.33. The number of carbonyl (C=O) groups excluding carboxylic acids is 1. The van der Waals surface area contributed by atoms with Crippen molar-refractivity contribution in [3.8, 4) is 0 Å². The van der Waals surface area contributed by atoms with Gasteiger partial charge >= 0.3 is 0 Å². The second kappa shape index (κ2) is 3.13. The van der Waals surface area contributed by atoms with E-state index in [0.29, 0.717) is 4.88 Å². The molecule has 0 fully saturated rings.